The standard InChI is InChI=1S/C16H18FNO/c1-11-8-9-12(10-14(11)17)16(2,18)13-6-4-5-7-15(13)19-3/h4-10H,18H2,1-3H3. The molecular formula is C16H18FNO. The lowest BCUT2D eigenvalue weighted by Crippen LogP contribution is -2.34. The highest BCUT2D eigenvalue weighted by molar-refractivity contribution is 5.46. The zero-order valence-electron chi connectivity index (χ0n) is 11.4. The third kappa shape index (κ3) is 2.47. The molecule has 2 rings (SSSR count). The normalized spacial score (nSPS) is 13.9. The summed E-state index contributed by atoms with van der Waals surface area (Å²) in [5.74, 6) is 0.456. The van der Waals surface area contributed by atoms with E-state index in [1.165, 1.54) is 6.07 Å². The maximum absolute atomic E-state index is 13.7. The van der Waals surface area contributed by atoms with Crippen LogP contribution in [-0.2, 0) is 5.54 Å². The first-order valence-corrected chi connectivity index (χ1v) is 6.16. The Bertz CT molecular complexity index is 593. The molecule has 2 N–H and O–H groups in total. The lowest BCUT2D eigenvalue weighted by atomic mass is 9.84. The van der Waals surface area contributed by atoms with Crippen LogP contribution in [0.3, 0.4) is 0 Å². The molecule has 0 bridgehead atoms. The van der Waals surface area contributed by atoms with Crippen LogP contribution in [0.15, 0.2) is 42.5 Å². The molecule has 0 aliphatic heterocycles. The van der Waals surface area contributed by atoms with E-state index in [4.69, 9.17) is 10.5 Å². The Morgan fingerprint density at radius 1 is 1.16 bits per heavy atom. The third-order valence-electron chi connectivity index (χ3n) is 3.44. The molecule has 0 radical (unpaired) electrons. The Kier molecular flexibility index (Phi) is 3.58. The summed E-state index contributed by atoms with van der Waals surface area (Å²) < 4.78 is 19.1. The molecule has 0 saturated heterocycles. The molecule has 2 aromatic rings. The van der Waals surface area contributed by atoms with Gasteiger partial charge in [0.05, 0.1) is 12.6 Å². The number of rotatable bonds is 3. The van der Waals surface area contributed by atoms with Crippen molar-refractivity contribution in [3.8, 4) is 5.75 Å². The summed E-state index contributed by atoms with van der Waals surface area (Å²) >= 11 is 0. The van der Waals surface area contributed by atoms with Crippen molar-refractivity contribution >= 4 is 0 Å². The van der Waals surface area contributed by atoms with Crippen LogP contribution in [0.5, 0.6) is 5.75 Å². The number of benzene rings is 2. The molecule has 3 heteroatoms. The van der Waals surface area contributed by atoms with E-state index in [-0.39, 0.29) is 5.82 Å². The predicted molar refractivity (Wildman–Crippen MR) is 74.8 cm³/mol. The highest BCUT2D eigenvalue weighted by Gasteiger charge is 2.27. The van der Waals surface area contributed by atoms with Gasteiger partial charge in [-0.05, 0) is 37.1 Å². The molecule has 100 valence electrons. The monoisotopic (exact) mass is 259 g/mol. The van der Waals surface area contributed by atoms with E-state index >= 15 is 0 Å². The van der Waals surface area contributed by atoms with Crippen LogP contribution >= 0.6 is 0 Å². The second kappa shape index (κ2) is 5.02. The molecule has 19 heavy (non-hydrogen) atoms. The summed E-state index contributed by atoms with van der Waals surface area (Å²) in [6.45, 7) is 3.59. The average Bonchev–Trinajstić information content (AvgIpc) is 2.41. The number of halogens is 1. The fraction of sp³-hybridized carbons (Fsp3) is 0.250. The van der Waals surface area contributed by atoms with Crippen molar-refractivity contribution in [2.75, 3.05) is 7.11 Å². The summed E-state index contributed by atoms with van der Waals surface area (Å²) in [4.78, 5) is 0. The van der Waals surface area contributed by atoms with Crippen molar-refractivity contribution in [2.24, 2.45) is 5.73 Å². The Balaban J connectivity index is 2.54. The Labute approximate surface area is 113 Å². The molecule has 0 aliphatic carbocycles. The molecule has 0 amide bonds. The lowest BCUT2D eigenvalue weighted by Gasteiger charge is -2.28. The van der Waals surface area contributed by atoms with E-state index in [0.29, 0.717) is 11.3 Å². The van der Waals surface area contributed by atoms with Gasteiger partial charge in [0.2, 0.25) is 0 Å². The first kappa shape index (κ1) is 13.6. The zero-order chi connectivity index (χ0) is 14.0. The Hall–Kier alpha value is -1.87. The average molecular weight is 259 g/mol. The first-order valence-electron chi connectivity index (χ1n) is 6.16. The summed E-state index contributed by atoms with van der Waals surface area (Å²) in [5.41, 5.74) is 7.77. The molecule has 2 nitrogen and oxygen atoms in total. The van der Waals surface area contributed by atoms with Gasteiger partial charge in [0, 0.05) is 5.56 Å². The Morgan fingerprint density at radius 3 is 2.47 bits per heavy atom. The number of hydrogen-bond donors (Lipinski definition) is 1. The van der Waals surface area contributed by atoms with Crippen LogP contribution < -0.4 is 10.5 Å². The van der Waals surface area contributed by atoms with Crippen molar-refractivity contribution in [3.63, 3.8) is 0 Å². The van der Waals surface area contributed by atoms with Gasteiger partial charge in [-0.15, -0.1) is 0 Å². The first-order chi connectivity index (χ1) is 8.96. The van der Waals surface area contributed by atoms with Gasteiger partial charge in [0.25, 0.3) is 0 Å². The van der Waals surface area contributed by atoms with Crippen molar-refractivity contribution < 1.29 is 9.13 Å². The van der Waals surface area contributed by atoms with Gasteiger partial charge in [-0.2, -0.15) is 0 Å². The van der Waals surface area contributed by atoms with Crippen LogP contribution in [0.4, 0.5) is 4.39 Å². The molecule has 1 atom stereocenters. The minimum absolute atomic E-state index is 0.246. The van der Waals surface area contributed by atoms with Crippen LogP contribution in [0.25, 0.3) is 0 Å². The van der Waals surface area contributed by atoms with Gasteiger partial charge in [-0.25, -0.2) is 4.39 Å². The van der Waals surface area contributed by atoms with Crippen molar-refractivity contribution in [1.82, 2.24) is 0 Å². The van der Waals surface area contributed by atoms with Gasteiger partial charge in [0.15, 0.2) is 0 Å². The van der Waals surface area contributed by atoms with Gasteiger partial charge >= 0.3 is 0 Å². The number of aryl methyl sites for hydroxylation is 1. The second-order valence-electron chi connectivity index (χ2n) is 4.87. The summed E-state index contributed by atoms with van der Waals surface area (Å²) in [7, 11) is 1.60. The molecule has 0 heterocycles. The molecule has 0 aromatic heterocycles. The van der Waals surface area contributed by atoms with E-state index in [0.717, 1.165) is 11.1 Å². The Morgan fingerprint density at radius 2 is 1.84 bits per heavy atom. The molecule has 0 spiro atoms. The number of para-hydroxylation sites is 1. The van der Waals surface area contributed by atoms with E-state index in [2.05, 4.69) is 0 Å². The molecule has 2 aromatic carbocycles. The maximum atomic E-state index is 13.7. The summed E-state index contributed by atoms with van der Waals surface area (Å²) in [6.07, 6.45) is 0. The highest BCUT2D eigenvalue weighted by Crippen LogP contribution is 2.33. The third-order valence-corrected chi connectivity index (χ3v) is 3.44. The zero-order valence-corrected chi connectivity index (χ0v) is 11.4. The van der Waals surface area contributed by atoms with Crippen LogP contribution in [0.1, 0.15) is 23.6 Å². The number of ether oxygens (including phenoxy) is 1. The predicted octanol–water partition coefficient (Wildman–Crippen LogP) is 3.36. The molecular weight excluding hydrogens is 241 g/mol. The van der Waals surface area contributed by atoms with Gasteiger partial charge in [-0.3, -0.25) is 0 Å². The molecule has 0 aliphatic rings. The topological polar surface area (TPSA) is 35.2 Å². The number of hydrogen-bond acceptors (Lipinski definition) is 2. The van der Waals surface area contributed by atoms with E-state index in [1.54, 1.807) is 20.1 Å². The SMILES string of the molecule is COc1ccccc1C(C)(N)c1ccc(C)c(F)c1. The number of nitrogens with two attached hydrogens (primary N) is 1. The van der Waals surface area contributed by atoms with Crippen LogP contribution in [0, 0.1) is 12.7 Å². The smallest absolute Gasteiger partial charge is 0.126 e. The molecule has 1 unspecified atom stereocenters. The van der Waals surface area contributed by atoms with Crippen LogP contribution in [0.2, 0.25) is 0 Å². The lowest BCUT2D eigenvalue weighted by molar-refractivity contribution is 0.398. The van der Waals surface area contributed by atoms with Crippen molar-refractivity contribution in [2.45, 2.75) is 19.4 Å². The van der Waals surface area contributed by atoms with Gasteiger partial charge in [-0.1, -0.05) is 30.3 Å². The van der Waals surface area contributed by atoms with Crippen molar-refractivity contribution in [3.05, 3.63) is 65.0 Å². The van der Waals surface area contributed by atoms with Gasteiger partial charge in [0.1, 0.15) is 11.6 Å². The molecule has 0 fully saturated rings. The minimum atomic E-state index is -0.804. The fourth-order valence-electron chi connectivity index (χ4n) is 2.15. The fourth-order valence-corrected chi connectivity index (χ4v) is 2.15. The highest BCUT2D eigenvalue weighted by atomic mass is 19.1. The maximum Gasteiger partial charge on any atom is 0.126 e. The van der Waals surface area contributed by atoms with Crippen LogP contribution in [-0.4, -0.2) is 7.11 Å². The van der Waals surface area contributed by atoms with E-state index < -0.39 is 5.54 Å². The van der Waals surface area contributed by atoms with E-state index in [1.807, 2.05) is 37.3 Å². The summed E-state index contributed by atoms with van der Waals surface area (Å²) in [5, 5.41) is 0. The van der Waals surface area contributed by atoms with Gasteiger partial charge < -0.3 is 10.5 Å². The quantitative estimate of drug-likeness (QED) is 0.917. The largest absolute Gasteiger partial charge is 0.496 e. The second-order valence-corrected chi connectivity index (χ2v) is 4.87. The molecule has 0 saturated carbocycles. The van der Waals surface area contributed by atoms with Crippen molar-refractivity contribution in [1.29, 1.82) is 0 Å². The summed E-state index contributed by atoms with van der Waals surface area (Å²) in [6, 6.07) is 12.6. The van der Waals surface area contributed by atoms with E-state index in [9.17, 15) is 4.39 Å². The minimum Gasteiger partial charge on any atom is -0.496 e. The number of methoxy groups -OCH3 is 1.